The van der Waals surface area contributed by atoms with Gasteiger partial charge >= 0.3 is 0 Å². The zero-order valence-corrected chi connectivity index (χ0v) is 11.2. The number of carbonyl (C=O) groups excluding carboxylic acids is 2. The summed E-state index contributed by atoms with van der Waals surface area (Å²) in [7, 11) is 0. The van der Waals surface area contributed by atoms with Crippen molar-refractivity contribution in [3.63, 3.8) is 0 Å². The largest absolute Gasteiger partial charge is 0.274 e. The topological polar surface area (TPSA) is 37.4 Å². The maximum absolute atomic E-state index is 12.5. The molecule has 3 rings (SSSR count). The van der Waals surface area contributed by atoms with E-state index >= 15 is 0 Å². The Morgan fingerprint density at radius 1 is 1.21 bits per heavy atom. The fourth-order valence-corrected chi connectivity index (χ4v) is 3.17. The number of aryl methyl sites for hydroxylation is 1. The number of amides is 2. The van der Waals surface area contributed by atoms with E-state index in [1.807, 2.05) is 50.3 Å². The maximum atomic E-state index is 12.5. The molecule has 1 fully saturated rings. The van der Waals surface area contributed by atoms with Crippen molar-refractivity contribution in [1.82, 2.24) is 0 Å². The van der Waals surface area contributed by atoms with Crippen molar-refractivity contribution in [3.05, 3.63) is 42.0 Å². The minimum Gasteiger partial charge on any atom is -0.274 e. The van der Waals surface area contributed by atoms with E-state index in [1.165, 1.54) is 4.90 Å². The Bertz CT molecular complexity index is 576. The number of rotatable bonds is 1. The van der Waals surface area contributed by atoms with Crippen LogP contribution in [-0.2, 0) is 9.59 Å². The average molecular weight is 255 g/mol. The zero-order chi connectivity index (χ0) is 13.6. The number of benzene rings is 1. The molecule has 1 aromatic rings. The highest BCUT2D eigenvalue weighted by Gasteiger charge is 2.50. The van der Waals surface area contributed by atoms with Crippen LogP contribution in [0.1, 0.15) is 18.9 Å². The first-order chi connectivity index (χ1) is 9.09. The van der Waals surface area contributed by atoms with Gasteiger partial charge in [0.2, 0.25) is 11.8 Å². The van der Waals surface area contributed by atoms with Crippen LogP contribution in [0.3, 0.4) is 0 Å². The summed E-state index contributed by atoms with van der Waals surface area (Å²) in [6.45, 7) is 3.98. The highest BCUT2D eigenvalue weighted by atomic mass is 16.2. The summed E-state index contributed by atoms with van der Waals surface area (Å²) in [5.41, 5.74) is 1.76. The van der Waals surface area contributed by atoms with Gasteiger partial charge in [-0.25, -0.2) is 0 Å². The molecule has 1 aliphatic heterocycles. The minimum absolute atomic E-state index is 0.0440. The first-order valence-corrected chi connectivity index (χ1v) is 6.70. The van der Waals surface area contributed by atoms with Crippen molar-refractivity contribution in [2.24, 2.45) is 17.8 Å². The number of hydrogen-bond donors (Lipinski definition) is 0. The lowest BCUT2D eigenvalue weighted by atomic mass is 9.78. The molecule has 0 spiro atoms. The summed E-state index contributed by atoms with van der Waals surface area (Å²) < 4.78 is 0. The summed E-state index contributed by atoms with van der Waals surface area (Å²) in [5, 5.41) is 0. The third-order valence-electron chi connectivity index (χ3n) is 4.13. The van der Waals surface area contributed by atoms with E-state index < -0.39 is 0 Å². The molecule has 19 heavy (non-hydrogen) atoms. The SMILES string of the molecule is Cc1cccc(N2C(=O)[C@@H]3[C@H](CC=C[C@@H]3C)C2=O)c1. The second-order valence-corrected chi connectivity index (χ2v) is 5.51. The van der Waals surface area contributed by atoms with E-state index in [9.17, 15) is 9.59 Å². The highest BCUT2D eigenvalue weighted by Crippen LogP contribution is 2.40. The molecule has 0 unspecified atom stereocenters. The normalized spacial score (nSPS) is 29.8. The maximum Gasteiger partial charge on any atom is 0.238 e. The van der Waals surface area contributed by atoms with Gasteiger partial charge in [0.05, 0.1) is 17.5 Å². The van der Waals surface area contributed by atoms with E-state index in [0.717, 1.165) is 5.56 Å². The highest BCUT2D eigenvalue weighted by molar-refractivity contribution is 6.22. The fourth-order valence-electron chi connectivity index (χ4n) is 3.17. The molecule has 0 bridgehead atoms. The second-order valence-electron chi connectivity index (χ2n) is 5.51. The molecule has 0 N–H and O–H groups in total. The van der Waals surface area contributed by atoms with Gasteiger partial charge in [-0.1, -0.05) is 31.2 Å². The van der Waals surface area contributed by atoms with Crippen LogP contribution in [0.4, 0.5) is 5.69 Å². The predicted molar refractivity (Wildman–Crippen MR) is 73.6 cm³/mol. The number of allylic oxidation sites excluding steroid dienone is 2. The van der Waals surface area contributed by atoms with Gasteiger partial charge in [0.15, 0.2) is 0 Å². The van der Waals surface area contributed by atoms with Gasteiger partial charge < -0.3 is 0 Å². The quantitative estimate of drug-likeness (QED) is 0.571. The number of anilines is 1. The van der Waals surface area contributed by atoms with Crippen molar-refractivity contribution in [1.29, 1.82) is 0 Å². The fraction of sp³-hybridized carbons (Fsp3) is 0.375. The van der Waals surface area contributed by atoms with Crippen LogP contribution in [0.2, 0.25) is 0 Å². The molecule has 0 saturated carbocycles. The van der Waals surface area contributed by atoms with Crippen molar-refractivity contribution in [2.45, 2.75) is 20.3 Å². The van der Waals surface area contributed by atoms with E-state index in [2.05, 4.69) is 0 Å². The number of fused-ring (bicyclic) bond motifs is 1. The van der Waals surface area contributed by atoms with Crippen LogP contribution in [0.15, 0.2) is 36.4 Å². The van der Waals surface area contributed by atoms with Gasteiger partial charge in [0.1, 0.15) is 0 Å². The van der Waals surface area contributed by atoms with Gasteiger partial charge in [0.25, 0.3) is 0 Å². The molecule has 3 atom stereocenters. The van der Waals surface area contributed by atoms with Crippen LogP contribution in [0.25, 0.3) is 0 Å². The number of carbonyl (C=O) groups is 2. The average Bonchev–Trinajstić information content (AvgIpc) is 2.63. The summed E-state index contributed by atoms with van der Waals surface area (Å²) in [5.74, 6) is -0.301. The molecular formula is C16H17NO2. The predicted octanol–water partition coefficient (Wildman–Crippen LogP) is 2.70. The molecular weight excluding hydrogens is 238 g/mol. The Kier molecular flexibility index (Phi) is 2.77. The molecule has 0 aromatic heterocycles. The Labute approximate surface area is 112 Å². The molecule has 0 radical (unpaired) electrons. The lowest BCUT2D eigenvalue weighted by Gasteiger charge is -2.22. The zero-order valence-electron chi connectivity index (χ0n) is 11.2. The Morgan fingerprint density at radius 2 is 2.00 bits per heavy atom. The molecule has 2 aliphatic rings. The van der Waals surface area contributed by atoms with Crippen molar-refractivity contribution >= 4 is 17.5 Å². The van der Waals surface area contributed by atoms with Crippen LogP contribution in [0.5, 0.6) is 0 Å². The van der Waals surface area contributed by atoms with Gasteiger partial charge in [-0.2, -0.15) is 0 Å². The van der Waals surface area contributed by atoms with Crippen LogP contribution >= 0.6 is 0 Å². The first kappa shape index (κ1) is 12.2. The molecule has 98 valence electrons. The molecule has 1 aliphatic carbocycles. The lowest BCUT2D eigenvalue weighted by molar-refractivity contribution is -0.122. The van der Waals surface area contributed by atoms with Crippen LogP contribution in [-0.4, -0.2) is 11.8 Å². The summed E-state index contributed by atoms with van der Waals surface area (Å²) >= 11 is 0. The molecule has 1 aromatic carbocycles. The summed E-state index contributed by atoms with van der Waals surface area (Å²) in [6, 6.07) is 7.57. The first-order valence-electron chi connectivity index (χ1n) is 6.70. The standard InChI is InChI=1S/C16H17NO2/c1-10-5-3-7-12(9-10)17-15(18)13-8-4-6-11(2)14(13)16(17)19/h3-7,9,11,13-14H,8H2,1-2H3/t11-,13-,14-/m0/s1. The third-order valence-corrected chi connectivity index (χ3v) is 4.13. The number of imide groups is 1. The molecule has 1 saturated heterocycles. The molecule has 2 amide bonds. The van der Waals surface area contributed by atoms with Gasteiger partial charge in [-0.05, 0) is 37.0 Å². The Hall–Kier alpha value is -1.90. The molecule has 3 heteroatoms. The van der Waals surface area contributed by atoms with Gasteiger partial charge in [0, 0.05) is 0 Å². The number of nitrogens with zero attached hydrogens (tertiary/aromatic N) is 1. The van der Waals surface area contributed by atoms with Crippen molar-refractivity contribution < 1.29 is 9.59 Å². The minimum atomic E-state index is -0.182. The van der Waals surface area contributed by atoms with E-state index in [1.54, 1.807) is 0 Å². The Morgan fingerprint density at radius 3 is 2.68 bits per heavy atom. The Balaban J connectivity index is 2.01. The monoisotopic (exact) mass is 255 g/mol. The van der Waals surface area contributed by atoms with Crippen molar-refractivity contribution in [3.8, 4) is 0 Å². The second kappa shape index (κ2) is 4.34. The molecule has 3 nitrogen and oxygen atoms in total. The van der Waals surface area contributed by atoms with Crippen LogP contribution in [0, 0.1) is 24.7 Å². The van der Waals surface area contributed by atoms with Gasteiger partial charge in [-0.15, -0.1) is 0 Å². The van der Waals surface area contributed by atoms with E-state index in [4.69, 9.17) is 0 Å². The number of hydrogen-bond acceptors (Lipinski definition) is 2. The summed E-state index contributed by atoms with van der Waals surface area (Å²) in [6.07, 6.45) is 4.75. The van der Waals surface area contributed by atoms with E-state index in [-0.39, 0.29) is 29.6 Å². The summed E-state index contributed by atoms with van der Waals surface area (Å²) in [4.78, 5) is 26.4. The smallest absolute Gasteiger partial charge is 0.238 e. The van der Waals surface area contributed by atoms with Crippen molar-refractivity contribution in [2.75, 3.05) is 4.90 Å². The molecule has 1 heterocycles. The third kappa shape index (κ3) is 1.81. The van der Waals surface area contributed by atoms with Gasteiger partial charge in [-0.3, -0.25) is 14.5 Å². The van der Waals surface area contributed by atoms with Crippen LogP contribution < -0.4 is 4.90 Å². The lowest BCUT2D eigenvalue weighted by Crippen LogP contribution is -2.31. The van der Waals surface area contributed by atoms with E-state index in [0.29, 0.717) is 12.1 Å².